The monoisotopic (exact) mass is 568 g/mol. The third-order valence-electron chi connectivity index (χ3n) is 9.46. The highest BCUT2D eigenvalue weighted by Gasteiger charge is 2.17. The van der Waals surface area contributed by atoms with Gasteiger partial charge in [-0.1, -0.05) is 158 Å². The van der Waals surface area contributed by atoms with Gasteiger partial charge < -0.3 is 0 Å². The van der Waals surface area contributed by atoms with Crippen LogP contribution in [-0.2, 0) is 12.8 Å². The van der Waals surface area contributed by atoms with E-state index in [1.54, 1.807) is 0 Å². The van der Waals surface area contributed by atoms with E-state index in [0.29, 0.717) is 11.8 Å². The number of rotatable bonds is 8. The van der Waals surface area contributed by atoms with Crippen molar-refractivity contribution in [2.45, 2.75) is 50.4 Å². The zero-order chi connectivity index (χ0) is 29.6. The van der Waals surface area contributed by atoms with E-state index in [9.17, 15) is 0 Å². The zero-order valence-electron chi connectivity index (χ0n) is 25.4. The molecule has 216 valence electrons. The summed E-state index contributed by atoms with van der Waals surface area (Å²) in [6, 6.07) is 35.0. The molecule has 0 amide bonds. The first kappa shape index (κ1) is 28.1. The second-order valence-electron chi connectivity index (χ2n) is 12.2. The standard InChI is InChI=1S/2C22H20/c2*1(7-17-13-15-19-9-3-5-11-21(17)19)2-8-18-14-16-20-10-4-6-12-22(18)20/h1-6,9-14H,7-8,15-16H2;1-6,9-18H,7-8H2/b2*2-1+. The molecule has 2 atom stereocenters. The van der Waals surface area contributed by atoms with Crippen LogP contribution in [0.4, 0.5) is 0 Å². The van der Waals surface area contributed by atoms with E-state index in [4.69, 9.17) is 0 Å². The van der Waals surface area contributed by atoms with E-state index < -0.39 is 0 Å². The minimum atomic E-state index is 0.554. The van der Waals surface area contributed by atoms with Crippen LogP contribution in [0.5, 0.6) is 0 Å². The summed E-state index contributed by atoms with van der Waals surface area (Å²) in [5, 5.41) is 0. The van der Waals surface area contributed by atoms with Crippen molar-refractivity contribution in [1.29, 1.82) is 0 Å². The molecule has 0 saturated carbocycles. The first-order chi connectivity index (χ1) is 21.8. The molecule has 0 fully saturated rings. The summed E-state index contributed by atoms with van der Waals surface area (Å²) in [7, 11) is 0. The third kappa shape index (κ3) is 6.17. The average molecular weight is 569 g/mol. The predicted octanol–water partition coefficient (Wildman–Crippen LogP) is 11.5. The second-order valence-corrected chi connectivity index (χ2v) is 12.2. The molecule has 0 bridgehead atoms. The lowest BCUT2D eigenvalue weighted by Crippen LogP contribution is -1.92. The highest BCUT2D eigenvalue weighted by atomic mass is 14.2. The number of fused-ring (bicyclic) bond motifs is 4. The molecule has 0 heterocycles. The zero-order valence-corrected chi connectivity index (χ0v) is 25.4. The molecule has 0 aromatic heterocycles. The van der Waals surface area contributed by atoms with Gasteiger partial charge in [0.2, 0.25) is 0 Å². The fourth-order valence-electron chi connectivity index (χ4n) is 7.06. The molecule has 4 aliphatic rings. The summed E-state index contributed by atoms with van der Waals surface area (Å²) in [5.41, 5.74) is 14.5. The summed E-state index contributed by atoms with van der Waals surface area (Å²) in [5.74, 6) is 1.11. The lowest BCUT2D eigenvalue weighted by molar-refractivity contribution is 0.848. The Morgan fingerprint density at radius 1 is 0.477 bits per heavy atom. The Bertz CT molecular complexity index is 1690. The first-order valence-corrected chi connectivity index (χ1v) is 16.2. The largest absolute Gasteiger partial charge is 0.0876 e. The fraction of sp³-hybridized carbons (Fsp3) is 0.182. The fourth-order valence-corrected chi connectivity index (χ4v) is 7.06. The average Bonchev–Trinajstić information content (AvgIpc) is 3.87. The van der Waals surface area contributed by atoms with Gasteiger partial charge in [-0.15, -0.1) is 0 Å². The highest BCUT2D eigenvalue weighted by Crippen LogP contribution is 2.35. The molecule has 0 N–H and O–H groups in total. The summed E-state index contributed by atoms with van der Waals surface area (Å²) < 4.78 is 0. The SMILES string of the molecule is C1=C(C/C=C/CC2=CCc3ccccc32)c2ccccc2C1.C1=CC(C/C=C/CC2C=Cc3ccccc32)c2ccccc21. The summed E-state index contributed by atoms with van der Waals surface area (Å²) >= 11 is 0. The van der Waals surface area contributed by atoms with E-state index in [1.165, 1.54) is 55.7 Å². The van der Waals surface area contributed by atoms with Gasteiger partial charge in [0.1, 0.15) is 0 Å². The minimum absolute atomic E-state index is 0.554. The molecular formula is C44H40. The first-order valence-electron chi connectivity index (χ1n) is 16.2. The maximum atomic E-state index is 2.37. The van der Waals surface area contributed by atoms with Gasteiger partial charge in [0.25, 0.3) is 0 Å². The van der Waals surface area contributed by atoms with Crippen molar-refractivity contribution >= 4 is 23.3 Å². The molecule has 0 heteroatoms. The van der Waals surface area contributed by atoms with Crippen molar-refractivity contribution in [3.05, 3.63) is 190 Å². The Balaban J connectivity index is 0.000000142. The van der Waals surface area contributed by atoms with Crippen molar-refractivity contribution < 1.29 is 0 Å². The molecule has 2 unspecified atom stereocenters. The van der Waals surface area contributed by atoms with Crippen LogP contribution < -0.4 is 0 Å². The number of benzene rings is 4. The Morgan fingerprint density at radius 3 is 1.41 bits per heavy atom. The molecule has 44 heavy (non-hydrogen) atoms. The molecule has 4 aliphatic carbocycles. The van der Waals surface area contributed by atoms with Crippen LogP contribution in [0, 0.1) is 0 Å². The van der Waals surface area contributed by atoms with Gasteiger partial charge in [-0.2, -0.15) is 0 Å². The molecule has 4 aromatic rings. The quantitative estimate of drug-likeness (QED) is 0.185. The van der Waals surface area contributed by atoms with E-state index in [0.717, 1.165) is 38.5 Å². The third-order valence-corrected chi connectivity index (χ3v) is 9.46. The Hall–Kier alpha value is -4.68. The van der Waals surface area contributed by atoms with Gasteiger partial charge in [0, 0.05) is 11.8 Å². The topological polar surface area (TPSA) is 0 Å². The van der Waals surface area contributed by atoms with Gasteiger partial charge >= 0.3 is 0 Å². The molecule has 4 aromatic carbocycles. The molecule has 0 spiro atoms. The molecule has 0 radical (unpaired) electrons. The predicted molar refractivity (Wildman–Crippen MR) is 189 cm³/mol. The van der Waals surface area contributed by atoms with E-state index in [2.05, 4.69) is 158 Å². The highest BCUT2D eigenvalue weighted by molar-refractivity contribution is 5.75. The Kier molecular flexibility index (Phi) is 8.50. The number of hydrogen-bond acceptors (Lipinski definition) is 0. The Labute approximate surface area is 263 Å². The van der Waals surface area contributed by atoms with Crippen molar-refractivity contribution in [3.8, 4) is 0 Å². The van der Waals surface area contributed by atoms with Crippen LogP contribution in [0.25, 0.3) is 23.3 Å². The van der Waals surface area contributed by atoms with Crippen LogP contribution in [0.3, 0.4) is 0 Å². The summed E-state index contributed by atoms with van der Waals surface area (Å²) in [4.78, 5) is 0. The van der Waals surface area contributed by atoms with Gasteiger partial charge in [0.05, 0.1) is 0 Å². The summed E-state index contributed by atoms with van der Waals surface area (Å²) in [6.07, 6.45) is 29.8. The summed E-state index contributed by atoms with van der Waals surface area (Å²) in [6.45, 7) is 0. The molecular weight excluding hydrogens is 528 g/mol. The van der Waals surface area contributed by atoms with Gasteiger partial charge in [-0.05, 0) is 94.2 Å². The maximum Gasteiger partial charge on any atom is 0.00617 e. The maximum absolute atomic E-state index is 2.37. The molecule has 0 aliphatic heterocycles. The lowest BCUT2D eigenvalue weighted by Gasteiger charge is -2.09. The van der Waals surface area contributed by atoms with Crippen molar-refractivity contribution in [2.75, 3.05) is 0 Å². The smallest absolute Gasteiger partial charge is 0.00617 e. The normalized spacial score (nSPS) is 18.5. The van der Waals surface area contributed by atoms with Crippen LogP contribution in [0.15, 0.2) is 146 Å². The van der Waals surface area contributed by atoms with Crippen LogP contribution >= 0.6 is 0 Å². The number of hydrogen-bond donors (Lipinski definition) is 0. The molecule has 8 rings (SSSR count). The van der Waals surface area contributed by atoms with Crippen LogP contribution in [-0.4, -0.2) is 0 Å². The number of allylic oxidation sites excluding steroid dienone is 10. The van der Waals surface area contributed by atoms with Crippen LogP contribution in [0.1, 0.15) is 82.0 Å². The molecule has 0 nitrogen and oxygen atoms in total. The van der Waals surface area contributed by atoms with E-state index in [1.807, 2.05) is 0 Å². The van der Waals surface area contributed by atoms with Crippen LogP contribution in [0.2, 0.25) is 0 Å². The van der Waals surface area contributed by atoms with E-state index in [-0.39, 0.29) is 0 Å². The van der Waals surface area contributed by atoms with Crippen molar-refractivity contribution in [1.82, 2.24) is 0 Å². The Morgan fingerprint density at radius 2 is 0.909 bits per heavy atom. The molecule has 0 saturated heterocycles. The van der Waals surface area contributed by atoms with Gasteiger partial charge in [-0.3, -0.25) is 0 Å². The lowest BCUT2D eigenvalue weighted by atomic mass is 9.95. The minimum Gasteiger partial charge on any atom is -0.0876 e. The van der Waals surface area contributed by atoms with Gasteiger partial charge in [0.15, 0.2) is 0 Å². The second kappa shape index (κ2) is 13.3. The van der Waals surface area contributed by atoms with Gasteiger partial charge in [-0.25, -0.2) is 0 Å². The van der Waals surface area contributed by atoms with Crippen molar-refractivity contribution in [2.24, 2.45) is 0 Å². The van der Waals surface area contributed by atoms with Crippen molar-refractivity contribution in [3.63, 3.8) is 0 Å². The van der Waals surface area contributed by atoms with E-state index >= 15 is 0 Å².